The van der Waals surface area contributed by atoms with Crippen molar-refractivity contribution >= 4 is 5.91 Å². The number of amides is 1. The van der Waals surface area contributed by atoms with Gasteiger partial charge in [0.1, 0.15) is 11.6 Å². The lowest BCUT2D eigenvalue weighted by atomic mass is 10.1. The largest absolute Gasteiger partial charge is 0.393 e. The molecule has 21 heavy (non-hydrogen) atoms. The number of carbonyl (C=O) groups is 1. The second-order valence-electron chi connectivity index (χ2n) is 5.34. The van der Waals surface area contributed by atoms with E-state index in [4.69, 9.17) is 0 Å². The molecule has 1 aliphatic heterocycles. The minimum Gasteiger partial charge on any atom is -0.393 e. The first kappa shape index (κ1) is 15.9. The summed E-state index contributed by atoms with van der Waals surface area (Å²) in [4.78, 5) is 14.0. The summed E-state index contributed by atoms with van der Waals surface area (Å²) < 4.78 is 26.0. The molecule has 4 nitrogen and oxygen atoms in total. The van der Waals surface area contributed by atoms with Crippen LogP contribution in [0.5, 0.6) is 0 Å². The molecular weight excluding hydrogens is 278 g/mol. The van der Waals surface area contributed by atoms with E-state index >= 15 is 0 Å². The maximum Gasteiger partial charge on any atom is 0.251 e. The van der Waals surface area contributed by atoms with E-state index < -0.39 is 17.5 Å². The fraction of sp³-hybridized carbons (Fsp3) is 0.533. The number of likely N-dealkylation sites (tertiary alicyclic amines) is 1. The lowest BCUT2D eigenvalue weighted by Gasteiger charge is -2.29. The fourth-order valence-electron chi connectivity index (χ4n) is 2.43. The van der Waals surface area contributed by atoms with Crippen molar-refractivity contribution in [3.05, 3.63) is 35.4 Å². The van der Waals surface area contributed by atoms with Gasteiger partial charge in [0, 0.05) is 31.3 Å². The molecule has 6 heteroatoms. The van der Waals surface area contributed by atoms with Gasteiger partial charge < -0.3 is 15.3 Å². The van der Waals surface area contributed by atoms with Crippen molar-refractivity contribution in [2.24, 2.45) is 0 Å². The van der Waals surface area contributed by atoms with Crippen LogP contribution in [0.15, 0.2) is 18.2 Å². The predicted octanol–water partition coefficient (Wildman–Crippen LogP) is 1.54. The van der Waals surface area contributed by atoms with Crippen molar-refractivity contribution in [3.8, 4) is 0 Å². The van der Waals surface area contributed by atoms with E-state index in [1.54, 1.807) is 0 Å². The van der Waals surface area contributed by atoms with E-state index in [9.17, 15) is 18.7 Å². The highest BCUT2D eigenvalue weighted by atomic mass is 19.1. The monoisotopic (exact) mass is 298 g/mol. The summed E-state index contributed by atoms with van der Waals surface area (Å²) in [7, 11) is 0. The number of nitrogens with one attached hydrogen (secondary N) is 1. The number of hydrogen-bond acceptors (Lipinski definition) is 3. The topological polar surface area (TPSA) is 52.6 Å². The number of hydrogen-bond donors (Lipinski definition) is 2. The molecule has 2 rings (SSSR count). The number of benzene rings is 1. The molecule has 1 heterocycles. The minimum absolute atomic E-state index is 0.00593. The lowest BCUT2D eigenvalue weighted by Crippen LogP contribution is -2.37. The van der Waals surface area contributed by atoms with E-state index in [2.05, 4.69) is 10.2 Å². The number of halogens is 2. The van der Waals surface area contributed by atoms with Crippen LogP contribution in [0.4, 0.5) is 8.78 Å². The zero-order valence-corrected chi connectivity index (χ0v) is 11.8. The van der Waals surface area contributed by atoms with Crippen molar-refractivity contribution in [2.75, 3.05) is 26.2 Å². The summed E-state index contributed by atoms with van der Waals surface area (Å²) in [6.07, 6.45) is 2.15. The average molecular weight is 298 g/mol. The van der Waals surface area contributed by atoms with Gasteiger partial charge >= 0.3 is 0 Å². The zero-order valence-electron chi connectivity index (χ0n) is 11.8. The molecule has 0 aromatic heterocycles. The SMILES string of the molecule is O=C(NCCCN1CCC(O)CC1)c1cc(F)cc(F)c1. The number of aliphatic hydroxyl groups is 1. The van der Waals surface area contributed by atoms with Gasteiger partial charge in [-0.1, -0.05) is 0 Å². The van der Waals surface area contributed by atoms with Crippen molar-refractivity contribution < 1.29 is 18.7 Å². The summed E-state index contributed by atoms with van der Waals surface area (Å²) in [5.41, 5.74) is -0.00593. The van der Waals surface area contributed by atoms with Gasteiger partial charge in [-0.3, -0.25) is 4.79 Å². The quantitative estimate of drug-likeness (QED) is 0.811. The Bertz CT molecular complexity index is 468. The van der Waals surface area contributed by atoms with Crippen molar-refractivity contribution in [3.63, 3.8) is 0 Å². The van der Waals surface area contributed by atoms with Crippen LogP contribution < -0.4 is 5.32 Å². The van der Waals surface area contributed by atoms with Crippen LogP contribution >= 0.6 is 0 Å². The highest BCUT2D eigenvalue weighted by molar-refractivity contribution is 5.94. The summed E-state index contributed by atoms with van der Waals surface area (Å²) >= 11 is 0. The van der Waals surface area contributed by atoms with E-state index in [0.717, 1.165) is 57.1 Å². The Morgan fingerprint density at radius 1 is 1.24 bits per heavy atom. The molecule has 0 radical (unpaired) electrons. The number of nitrogens with zero attached hydrogens (tertiary/aromatic N) is 1. The molecular formula is C15H20F2N2O2. The first-order valence-electron chi connectivity index (χ1n) is 7.19. The number of aliphatic hydroxyl groups excluding tert-OH is 1. The van der Waals surface area contributed by atoms with Crippen LogP contribution in [0.2, 0.25) is 0 Å². The summed E-state index contributed by atoms with van der Waals surface area (Å²) in [5, 5.41) is 12.1. The molecule has 0 saturated carbocycles. The Hall–Kier alpha value is -1.53. The van der Waals surface area contributed by atoms with Gasteiger partial charge in [-0.2, -0.15) is 0 Å². The Morgan fingerprint density at radius 2 is 1.86 bits per heavy atom. The molecule has 0 bridgehead atoms. The normalized spacial score (nSPS) is 16.9. The highest BCUT2D eigenvalue weighted by Gasteiger charge is 2.16. The maximum atomic E-state index is 13.0. The third-order valence-electron chi connectivity index (χ3n) is 3.62. The molecule has 1 fully saturated rings. The van der Waals surface area contributed by atoms with Crippen LogP contribution in [-0.4, -0.2) is 48.2 Å². The zero-order chi connectivity index (χ0) is 15.2. The van der Waals surface area contributed by atoms with E-state index in [-0.39, 0.29) is 11.7 Å². The number of carbonyl (C=O) groups excluding carboxylic acids is 1. The van der Waals surface area contributed by atoms with Crippen LogP contribution in [0.3, 0.4) is 0 Å². The maximum absolute atomic E-state index is 13.0. The Kier molecular flexibility index (Phi) is 5.64. The molecule has 0 spiro atoms. The predicted molar refractivity (Wildman–Crippen MR) is 75.0 cm³/mol. The molecule has 0 unspecified atom stereocenters. The van der Waals surface area contributed by atoms with E-state index in [1.807, 2.05) is 0 Å². The fourth-order valence-corrected chi connectivity index (χ4v) is 2.43. The third kappa shape index (κ3) is 5.06. The van der Waals surface area contributed by atoms with Gasteiger partial charge in [-0.15, -0.1) is 0 Å². The standard InChI is InChI=1S/C15H20F2N2O2/c16-12-8-11(9-13(17)10-12)15(21)18-4-1-5-19-6-2-14(20)3-7-19/h8-10,14,20H,1-7H2,(H,18,21). The van der Waals surface area contributed by atoms with Gasteiger partial charge in [-0.05, 0) is 37.9 Å². The molecule has 0 atom stereocenters. The van der Waals surface area contributed by atoms with Crippen LogP contribution in [0.1, 0.15) is 29.6 Å². The third-order valence-corrected chi connectivity index (χ3v) is 3.62. The van der Waals surface area contributed by atoms with Gasteiger partial charge in [0.25, 0.3) is 5.91 Å². The van der Waals surface area contributed by atoms with Crippen LogP contribution in [0.25, 0.3) is 0 Å². The molecule has 1 aromatic rings. The summed E-state index contributed by atoms with van der Waals surface area (Å²) in [5.74, 6) is -1.98. The Balaban J connectivity index is 1.69. The van der Waals surface area contributed by atoms with Crippen LogP contribution in [-0.2, 0) is 0 Å². The first-order chi connectivity index (χ1) is 10.0. The van der Waals surface area contributed by atoms with E-state index in [0.29, 0.717) is 6.54 Å². The summed E-state index contributed by atoms with van der Waals surface area (Å²) in [6.45, 7) is 3.02. The first-order valence-corrected chi connectivity index (χ1v) is 7.19. The number of rotatable bonds is 5. The molecule has 116 valence electrons. The smallest absolute Gasteiger partial charge is 0.251 e. The molecule has 1 amide bonds. The highest BCUT2D eigenvalue weighted by Crippen LogP contribution is 2.10. The van der Waals surface area contributed by atoms with Crippen molar-refractivity contribution in [1.82, 2.24) is 10.2 Å². The van der Waals surface area contributed by atoms with Gasteiger partial charge in [0.15, 0.2) is 0 Å². The van der Waals surface area contributed by atoms with Crippen molar-refractivity contribution in [1.29, 1.82) is 0 Å². The Labute approximate surface area is 122 Å². The van der Waals surface area contributed by atoms with E-state index in [1.165, 1.54) is 0 Å². The average Bonchev–Trinajstić information content (AvgIpc) is 2.44. The minimum atomic E-state index is -0.757. The lowest BCUT2D eigenvalue weighted by molar-refractivity contribution is 0.0816. The number of piperidine rings is 1. The summed E-state index contributed by atoms with van der Waals surface area (Å²) in [6, 6.07) is 2.77. The molecule has 1 aliphatic rings. The molecule has 1 aromatic carbocycles. The molecule has 2 N–H and O–H groups in total. The van der Waals surface area contributed by atoms with Crippen molar-refractivity contribution in [2.45, 2.75) is 25.4 Å². The second kappa shape index (κ2) is 7.47. The van der Waals surface area contributed by atoms with Gasteiger partial charge in [0.05, 0.1) is 6.10 Å². The van der Waals surface area contributed by atoms with Gasteiger partial charge in [0.2, 0.25) is 0 Å². The molecule has 1 saturated heterocycles. The molecule has 0 aliphatic carbocycles. The van der Waals surface area contributed by atoms with Crippen LogP contribution in [0, 0.1) is 11.6 Å². The Morgan fingerprint density at radius 3 is 2.48 bits per heavy atom. The second-order valence-corrected chi connectivity index (χ2v) is 5.34. The van der Waals surface area contributed by atoms with Gasteiger partial charge in [-0.25, -0.2) is 8.78 Å².